The van der Waals surface area contributed by atoms with E-state index in [4.69, 9.17) is 4.74 Å². The highest BCUT2D eigenvalue weighted by Crippen LogP contribution is 2.30. The molecular weight excluding hydrogens is 314 g/mol. The van der Waals surface area contributed by atoms with E-state index < -0.39 is 0 Å². The molecule has 0 N–H and O–H groups in total. The molecule has 1 atom stereocenters. The highest BCUT2D eigenvalue weighted by atomic mass is 79.9. The molecule has 20 heavy (non-hydrogen) atoms. The maximum absolute atomic E-state index is 6.12. The second kappa shape index (κ2) is 6.95. The van der Waals surface area contributed by atoms with Gasteiger partial charge in [-0.2, -0.15) is 0 Å². The molecule has 2 nitrogen and oxygen atoms in total. The molecule has 0 bridgehead atoms. The molecule has 1 aromatic carbocycles. The lowest BCUT2D eigenvalue weighted by atomic mass is 9.94. The van der Waals surface area contributed by atoms with Gasteiger partial charge in [0.2, 0.25) is 0 Å². The highest BCUT2D eigenvalue weighted by Gasteiger charge is 2.28. The number of benzene rings is 1. The van der Waals surface area contributed by atoms with Crippen molar-refractivity contribution in [3.05, 3.63) is 29.8 Å². The van der Waals surface area contributed by atoms with Crippen LogP contribution in [0.4, 0.5) is 0 Å². The highest BCUT2D eigenvalue weighted by molar-refractivity contribution is 9.09. The van der Waals surface area contributed by atoms with Crippen molar-refractivity contribution in [3.63, 3.8) is 0 Å². The predicted molar refractivity (Wildman–Crippen MR) is 86.8 cm³/mol. The van der Waals surface area contributed by atoms with Gasteiger partial charge in [0.05, 0.1) is 0 Å². The Kier molecular flexibility index (Phi) is 5.00. The van der Waals surface area contributed by atoms with Crippen molar-refractivity contribution < 1.29 is 4.74 Å². The topological polar surface area (TPSA) is 12.5 Å². The van der Waals surface area contributed by atoms with Crippen LogP contribution in [0.25, 0.3) is 0 Å². The number of fused-ring (bicyclic) bond motifs is 1. The van der Waals surface area contributed by atoms with Gasteiger partial charge in [0.15, 0.2) is 0 Å². The average molecular weight is 338 g/mol. The van der Waals surface area contributed by atoms with Gasteiger partial charge in [0, 0.05) is 30.9 Å². The first kappa shape index (κ1) is 14.4. The smallest absolute Gasteiger partial charge is 0.123 e. The number of ether oxygens (including phenoxy) is 1. The van der Waals surface area contributed by atoms with Crippen molar-refractivity contribution in [1.82, 2.24) is 4.90 Å². The second-order valence-corrected chi connectivity index (χ2v) is 6.82. The van der Waals surface area contributed by atoms with E-state index in [1.54, 1.807) is 0 Å². The molecule has 1 aliphatic heterocycles. The molecule has 1 fully saturated rings. The lowest BCUT2D eigenvalue weighted by Gasteiger charge is -2.35. The molecule has 110 valence electrons. The third-order valence-electron chi connectivity index (χ3n) is 4.61. The lowest BCUT2D eigenvalue weighted by molar-refractivity contribution is 0.103. The van der Waals surface area contributed by atoms with E-state index in [2.05, 4.69) is 45.1 Å². The Morgan fingerprint density at radius 2 is 1.95 bits per heavy atom. The average Bonchev–Trinajstić information content (AvgIpc) is 2.90. The van der Waals surface area contributed by atoms with Crippen LogP contribution in [0.15, 0.2) is 24.3 Å². The van der Waals surface area contributed by atoms with E-state index >= 15 is 0 Å². The van der Waals surface area contributed by atoms with Crippen molar-refractivity contribution >= 4 is 15.9 Å². The Labute approximate surface area is 130 Å². The molecule has 0 saturated heterocycles. The van der Waals surface area contributed by atoms with Gasteiger partial charge in [0.1, 0.15) is 11.9 Å². The minimum atomic E-state index is 0.341. The van der Waals surface area contributed by atoms with Crippen LogP contribution in [0, 0.1) is 0 Å². The first-order valence-corrected chi connectivity index (χ1v) is 9.03. The van der Waals surface area contributed by atoms with Crippen molar-refractivity contribution in [2.75, 3.05) is 18.4 Å². The van der Waals surface area contributed by atoms with Gasteiger partial charge in [-0.25, -0.2) is 0 Å². The van der Waals surface area contributed by atoms with Crippen LogP contribution in [0.1, 0.15) is 37.7 Å². The fourth-order valence-electron chi connectivity index (χ4n) is 3.59. The van der Waals surface area contributed by atoms with E-state index in [1.807, 2.05) is 0 Å². The number of para-hydroxylation sites is 1. The Morgan fingerprint density at radius 1 is 1.15 bits per heavy atom. The number of alkyl halides is 1. The molecule has 0 spiro atoms. The molecule has 0 radical (unpaired) electrons. The summed E-state index contributed by atoms with van der Waals surface area (Å²) in [6, 6.07) is 9.25. The lowest BCUT2D eigenvalue weighted by Crippen LogP contribution is -2.43. The van der Waals surface area contributed by atoms with E-state index in [-0.39, 0.29) is 0 Å². The van der Waals surface area contributed by atoms with Gasteiger partial charge in [-0.1, -0.05) is 53.4 Å². The van der Waals surface area contributed by atoms with Crippen LogP contribution in [-0.4, -0.2) is 35.5 Å². The molecule has 1 heterocycles. The summed E-state index contributed by atoms with van der Waals surface area (Å²) in [5, 5.41) is 1.06. The summed E-state index contributed by atoms with van der Waals surface area (Å²) in [4.78, 5) is 2.66. The third kappa shape index (κ3) is 3.37. The zero-order chi connectivity index (χ0) is 13.8. The van der Waals surface area contributed by atoms with Crippen LogP contribution in [0.2, 0.25) is 0 Å². The fourth-order valence-corrected chi connectivity index (χ4v) is 4.05. The summed E-state index contributed by atoms with van der Waals surface area (Å²) in [5.74, 6) is 1.10. The number of halogens is 1. The van der Waals surface area contributed by atoms with E-state index in [1.165, 1.54) is 37.7 Å². The quantitative estimate of drug-likeness (QED) is 0.752. The summed E-state index contributed by atoms with van der Waals surface area (Å²) in [7, 11) is 0. The number of hydrogen-bond donors (Lipinski definition) is 0. The minimum Gasteiger partial charge on any atom is -0.488 e. The van der Waals surface area contributed by atoms with Crippen molar-refractivity contribution in [2.24, 2.45) is 0 Å². The van der Waals surface area contributed by atoms with Crippen LogP contribution < -0.4 is 4.74 Å². The first-order valence-electron chi connectivity index (χ1n) is 7.91. The van der Waals surface area contributed by atoms with E-state index in [0.717, 1.165) is 36.6 Å². The molecule has 1 saturated carbocycles. The van der Waals surface area contributed by atoms with Crippen LogP contribution in [-0.2, 0) is 6.42 Å². The normalized spacial score (nSPS) is 22.8. The Balaban J connectivity index is 1.60. The Bertz CT molecular complexity index is 406. The van der Waals surface area contributed by atoms with Crippen LogP contribution >= 0.6 is 15.9 Å². The molecule has 2 aliphatic rings. The monoisotopic (exact) mass is 337 g/mol. The molecule has 3 heteroatoms. The minimum absolute atomic E-state index is 0.341. The summed E-state index contributed by atoms with van der Waals surface area (Å²) >= 11 is 3.61. The molecular formula is C17H24BrNO. The molecule has 1 unspecified atom stereocenters. The number of rotatable bonds is 5. The van der Waals surface area contributed by atoms with Gasteiger partial charge in [-0.15, -0.1) is 0 Å². The Hall–Kier alpha value is -0.540. The fraction of sp³-hybridized carbons (Fsp3) is 0.647. The van der Waals surface area contributed by atoms with E-state index in [0.29, 0.717) is 6.10 Å². The summed E-state index contributed by atoms with van der Waals surface area (Å²) in [5.41, 5.74) is 1.37. The van der Waals surface area contributed by atoms with Gasteiger partial charge in [-0.05, 0) is 24.5 Å². The zero-order valence-corrected chi connectivity index (χ0v) is 13.6. The van der Waals surface area contributed by atoms with Gasteiger partial charge in [-0.3, -0.25) is 4.90 Å². The van der Waals surface area contributed by atoms with Gasteiger partial charge >= 0.3 is 0 Å². The molecule has 1 aliphatic carbocycles. The standard InChI is InChI=1S/C17H24BrNO/c18-10-11-19(15-7-2-1-3-8-15)13-16-12-14-6-4-5-9-17(14)20-16/h4-6,9,15-16H,1-3,7-8,10-13H2. The van der Waals surface area contributed by atoms with Gasteiger partial charge in [0.25, 0.3) is 0 Å². The molecule has 0 aromatic heterocycles. The number of hydrogen-bond acceptors (Lipinski definition) is 2. The predicted octanol–water partition coefficient (Wildman–Crippen LogP) is 4.02. The van der Waals surface area contributed by atoms with Crippen molar-refractivity contribution in [3.8, 4) is 5.75 Å². The SMILES string of the molecule is BrCCN(CC1Cc2ccccc2O1)C1CCCCC1. The van der Waals surface area contributed by atoms with Crippen LogP contribution in [0.3, 0.4) is 0 Å². The summed E-state index contributed by atoms with van der Waals surface area (Å²) in [6.07, 6.45) is 8.36. The number of nitrogens with zero attached hydrogens (tertiary/aromatic N) is 1. The second-order valence-electron chi connectivity index (χ2n) is 6.03. The molecule has 0 amide bonds. The first-order chi connectivity index (χ1) is 9.86. The largest absolute Gasteiger partial charge is 0.488 e. The molecule has 3 rings (SSSR count). The zero-order valence-electron chi connectivity index (χ0n) is 12.1. The maximum Gasteiger partial charge on any atom is 0.123 e. The van der Waals surface area contributed by atoms with Gasteiger partial charge < -0.3 is 4.74 Å². The van der Waals surface area contributed by atoms with E-state index in [9.17, 15) is 0 Å². The third-order valence-corrected chi connectivity index (χ3v) is 4.97. The molecule has 1 aromatic rings. The van der Waals surface area contributed by atoms with Crippen molar-refractivity contribution in [2.45, 2.75) is 50.7 Å². The van der Waals surface area contributed by atoms with Crippen molar-refractivity contribution in [1.29, 1.82) is 0 Å². The van der Waals surface area contributed by atoms with Crippen LogP contribution in [0.5, 0.6) is 5.75 Å². The summed E-state index contributed by atoms with van der Waals surface area (Å²) in [6.45, 7) is 2.21. The Morgan fingerprint density at radius 3 is 2.70 bits per heavy atom. The maximum atomic E-state index is 6.12. The summed E-state index contributed by atoms with van der Waals surface area (Å²) < 4.78 is 6.12.